The highest BCUT2D eigenvalue weighted by Crippen LogP contribution is 2.12. The molecule has 0 aliphatic rings. The minimum absolute atomic E-state index is 0.749. The molecule has 1 aromatic heterocycles. The van der Waals surface area contributed by atoms with Gasteiger partial charge < -0.3 is 5.32 Å². The third kappa shape index (κ3) is 3.23. The normalized spacial score (nSPS) is 10.4. The van der Waals surface area contributed by atoms with Crippen LogP contribution in [0.5, 0.6) is 0 Å². The molecule has 4 heteroatoms. The molecule has 4 nitrogen and oxygen atoms in total. The summed E-state index contributed by atoms with van der Waals surface area (Å²) in [5.41, 5.74) is 3.61. The van der Waals surface area contributed by atoms with Crippen LogP contribution in [0.4, 0.5) is 5.69 Å². The highest BCUT2D eigenvalue weighted by Gasteiger charge is 1.97. The fourth-order valence-corrected chi connectivity index (χ4v) is 2.03. The number of nitrogens with one attached hydrogen (secondary N) is 1. The number of hydrogen-bond acceptors (Lipinski definition) is 3. The van der Waals surface area contributed by atoms with Gasteiger partial charge in [0.05, 0.1) is 6.54 Å². The van der Waals surface area contributed by atoms with Gasteiger partial charge in [-0.15, -0.1) is 0 Å². The van der Waals surface area contributed by atoms with Gasteiger partial charge >= 0.3 is 0 Å². The van der Waals surface area contributed by atoms with Gasteiger partial charge in [0.15, 0.2) is 0 Å². The van der Waals surface area contributed by atoms with Crippen LogP contribution in [0.1, 0.15) is 11.1 Å². The number of aromatic nitrogens is 3. The third-order valence-electron chi connectivity index (χ3n) is 3.10. The zero-order valence-corrected chi connectivity index (χ0v) is 11.1. The summed E-state index contributed by atoms with van der Waals surface area (Å²) in [6, 6.07) is 18.8. The molecule has 0 radical (unpaired) electrons. The highest BCUT2D eigenvalue weighted by molar-refractivity contribution is 5.45. The molecule has 0 unspecified atom stereocenters. The lowest BCUT2D eigenvalue weighted by Gasteiger charge is -2.07. The van der Waals surface area contributed by atoms with Gasteiger partial charge in [-0.05, 0) is 23.3 Å². The molecule has 3 aromatic rings. The molecule has 0 saturated heterocycles. The molecule has 0 saturated carbocycles. The largest absolute Gasteiger partial charge is 0.381 e. The van der Waals surface area contributed by atoms with Gasteiger partial charge in [-0.25, -0.2) is 9.67 Å². The van der Waals surface area contributed by atoms with Crippen LogP contribution in [0.25, 0.3) is 0 Å². The Morgan fingerprint density at radius 1 is 0.900 bits per heavy atom. The molecular formula is C16H16N4. The van der Waals surface area contributed by atoms with Crippen molar-refractivity contribution < 1.29 is 0 Å². The summed E-state index contributed by atoms with van der Waals surface area (Å²) < 4.78 is 1.81. The molecule has 0 fully saturated rings. The minimum atomic E-state index is 0.749. The number of nitrogens with zero attached hydrogens (tertiary/aromatic N) is 3. The molecular weight excluding hydrogens is 248 g/mol. The van der Waals surface area contributed by atoms with Crippen LogP contribution in [-0.4, -0.2) is 14.8 Å². The number of anilines is 1. The van der Waals surface area contributed by atoms with Gasteiger partial charge in [0, 0.05) is 12.2 Å². The summed E-state index contributed by atoms with van der Waals surface area (Å²) in [5, 5.41) is 7.51. The average molecular weight is 264 g/mol. The van der Waals surface area contributed by atoms with E-state index in [4.69, 9.17) is 0 Å². The summed E-state index contributed by atoms with van der Waals surface area (Å²) in [4.78, 5) is 3.94. The Morgan fingerprint density at radius 3 is 2.40 bits per heavy atom. The molecule has 100 valence electrons. The molecule has 0 aliphatic carbocycles. The lowest BCUT2D eigenvalue weighted by Crippen LogP contribution is -2.01. The van der Waals surface area contributed by atoms with Gasteiger partial charge in [-0.2, -0.15) is 5.10 Å². The van der Waals surface area contributed by atoms with Crippen molar-refractivity contribution in [3.05, 3.63) is 78.4 Å². The summed E-state index contributed by atoms with van der Waals surface area (Å²) >= 11 is 0. The quantitative estimate of drug-likeness (QED) is 0.770. The summed E-state index contributed by atoms with van der Waals surface area (Å²) in [5.74, 6) is 0. The van der Waals surface area contributed by atoms with Gasteiger partial charge in [0.25, 0.3) is 0 Å². The Bertz CT molecular complexity index is 630. The maximum absolute atomic E-state index is 4.10. The van der Waals surface area contributed by atoms with Crippen molar-refractivity contribution >= 4 is 5.69 Å². The molecule has 1 N–H and O–H groups in total. The lowest BCUT2D eigenvalue weighted by atomic mass is 10.2. The first-order chi connectivity index (χ1) is 9.90. The molecule has 20 heavy (non-hydrogen) atoms. The monoisotopic (exact) mass is 264 g/mol. The SMILES string of the molecule is c1ccc(CNc2ccc(Cn3cncn3)cc2)cc1. The van der Waals surface area contributed by atoms with Crippen LogP contribution in [-0.2, 0) is 13.1 Å². The van der Waals surface area contributed by atoms with E-state index in [-0.39, 0.29) is 0 Å². The summed E-state index contributed by atoms with van der Waals surface area (Å²) in [6.45, 7) is 1.59. The molecule has 0 spiro atoms. The van der Waals surface area contributed by atoms with E-state index in [9.17, 15) is 0 Å². The Labute approximate surface area is 118 Å². The molecule has 0 amide bonds. The highest BCUT2D eigenvalue weighted by atomic mass is 15.3. The lowest BCUT2D eigenvalue weighted by molar-refractivity contribution is 0.685. The number of rotatable bonds is 5. The van der Waals surface area contributed by atoms with Gasteiger partial charge in [0.2, 0.25) is 0 Å². The average Bonchev–Trinajstić information content (AvgIpc) is 3.01. The van der Waals surface area contributed by atoms with E-state index in [0.717, 1.165) is 18.8 Å². The van der Waals surface area contributed by atoms with Crippen molar-refractivity contribution in [2.45, 2.75) is 13.1 Å². The molecule has 1 heterocycles. The second kappa shape index (κ2) is 6.02. The van der Waals surface area contributed by atoms with E-state index in [1.165, 1.54) is 11.1 Å². The van der Waals surface area contributed by atoms with Crippen LogP contribution in [0.15, 0.2) is 67.3 Å². The Morgan fingerprint density at radius 2 is 1.70 bits per heavy atom. The second-order valence-electron chi connectivity index (χ2n) is 4.63. The van der Waals surface area contributed by atoms with Crippen molar-refractivity contribution in [2.24, 2.45) is 0 Å². The van der Waals surface area contributed by atoms with Crippen molar-refractivity contribution in [3.63, 3.8) is 0 Å². The number of benzene rings is 2. The summed E-state index contributed by atoms with van der Waals surface area (Å²) in [6.07, 6.45) is 3.28. The third-order valence-corrected chi connectivity index (χ3v) is 3.10. The van der Waals surface area contributed by atoms with Crippen molar-refractivity contribution in [3.8, 4) is 0 Å². The topological polar surface area (TPSA) is 42.7 Å². The summed E-state index contributed by atoms with van der Waals surface area (Å²) in [7, 11) is 0. The van der Waals surface area contributed by atoms with Crippen LogP contribution in [0.2, 0.25) is 0 Å². The maximum atomic E-state index is 4.10. The van der Waals surface area contributed by atoms with E-state index in [1.54, 1.807) is 12.7 Å². The first-order valence-electron chi connectivity index (χ1n) is 6.59. The second-order valence-corrected chi connectivity index (χ2v) is 4.63. The Hall–Kier alpha value is -2.62. The van der Waals surface area contributed by atoms with E-state index in [2.05, 4.69) is 63.9 Å². The predicted octanol–water partition coefficient (Wildman–Crippen LogP) is 2.94. The van der Waals surface area contributed by atoms with E-state index >= 15 is 0 Å². The van der Waals surface area contributed by atoms with Gasteiger partial charge in [0.1, 0.15) is 12.7 Å². The molecule has 0 aliphatic heterocycles. The maximum Gasteiger partial charge on any atom is 0.137 e. The fourth-order valence-electron chi connectivity index (χ4n) is 2.03. The van der Waals surface area contributed by atoms with Gasteiger partial charge in [-0.3, -0.25) is 0 Å². The van der Waals surface area contributed by atoms with E-state index in [0.29, 0.717) is 0 Å². The van der Waals surface area contributed by atoms with Crippen molar-refractivity contribution in [2.75, 3.05) is 5.32 Å². The van der Waals surface area contributed by atoms with E-state index in [1.807, 2.05) is 10.7 Å². The molecule has 2 aromatic carbocycles. The van der Waals surface area contributed by atoms with Crippen LogP contribution >= 0.6 is 0 Å². The first kappa shape index (κ1) is 12.4. The Balaban J connectivity index is 1.59. The minimum Gasteiger partial charge on any atom is -0.381 e. The van der Waals surface area contributed by atoms with Crippen molar-refractivity contribution in [1.29, 1.82) is 0 Å². The zero-order valence-electron chi connectivity index (χ0n) is 11.1. The van der Waals surface area contributed by atoms with E-state index < -0.39 is 0 Å². The van der Waals surface area contributed by atoms with Crippen LogP contribution < -0.4 is 5.32 Å². The number of hydrogen-bond donors (Lipinski definition) is 1. The fraction of sp³-hybridized carbons (Fsp3) is 0.125. The molecule has 0 atom stereocenters. The Kier molecular flexibility index (Phi) is 3.73. The first-order valence-corrected chi connectivity index (χ1v) is 6.59. The zero-order chi connectivity index (χ0) is 13.6. The smallest absolute Gasteiger partial charge is 0.137 e. The molecule has 3 rings (SSSR count). The van der Waals surface area contributed by atoms with Crippen molar-refractivity contribution in [1.82, 2.24) is 14.8 Å². The van der Waals surface area contributed by atoms with Crippen LogP contribution in [0.3, 0.4) is 0 Å². The predicted molar refractivity (Wildman–Crippen MR) is 79.3 cm³/mol. The van der Waals surface area contributed by atoms with Crippen LogP contribution in [0, 0.1) is 0 Å². The van der Waals surface area contributed by atoms with Gasteiger partial charge in [-0.1, -0.05) is 42.5 Å². The molecule has 0 bridgehead atoms. The standard InChI is InChI=1S/C16H16N4/c1-2-4-14(5-3-1)10-18-16-8-6-15(7-9-16)11-20-13-17-12-19-20/h1-9,12-13,18H,10-11H2.